The molecule has 5 aromatic carbocycles. The fraction of sp³-hybridized carbons (Fsp3) is 0.273. The third-order valence-electron chi connectivity index (χ3n) is 10.4. The van der Waals surface area contributed by atoms with Crippen molar-refractivity contribution in [1.29, 1.82) is 0 Å². The summed E-state index contributed by atoms with van der Waals surface area (Å²) in [4.78, 5) is 28.4. The van der Waals surface area contributed by atoms with Gasteiger partial charge in [-0.2, -0.15) is 0 Å². The van der Waals surface area contributed by atoms with E-state index < -0.39 is 29.8 Å². The number of methoxy groups -OCH3 is 2. The van der Waals surface area contributed by atoms with Gasteiger partial charge in [-0.05, 0) is 38.9 Å². The average Bonchev–Trinajstić information content (AvgIpc) is 3.77. The van der Waals surface area contributed by atoms with Gasteiger partial charge in [0.2, 0.25) is 5.91 Å². The summed E-state index contributed by atoms with van der Waals surface area (Å²) in [5.74, 6) is -2.21. The molecule has 2 unspecified atom stereocenters. The molecule has 2 atom stereocenters. The number of carbonyl (C=O) groups excluding carboxylic acids is 2. The van der Waals surface area contributed by atoms with Crippen molar-refractivity contribution in [1.82, 2.24) is 10.2 Å². The first-order valence-electron chi connectivity index (χ1n) is 17.9. The van der Waals surface area contributed by atoms with Crippen molar-refractivity contribution >= 4 is 12.0 Å². The Kier molecular flexibility index (Phi) is 10.7. The van der Waals surface area contributed by atoms with Gasteiger partial charge in [0.15, 0.2) is 0 Å². The van der Waals surface area contributed by atoms with Crippen LogP contribution in [0, 0.1) is 0 Å². The Labute approximate surface area is 310 Å². The van der Waals surface area contributed by atoms with Crippen LogP contribution in [0.2, 0.25) is 0 Å². The van der Waals surface area contributed by atoms with Gasteiger partial charge >= 0.3 is 12.1 Å². The molecule has 1 aliphatic carbocycles. The Bertz CT molecular complexity index is 1860. The van der Waals surface area contributed by atoms with Gasteiger partial charge in [-0.15, -0.1) is 0 Å². The predicted molar refractivity (Wildman–Crippen MR) is 201 cm³/mol. The fourth-order valence-electron chi connectivity index (χ4n) is 7.90. The minimum absolute atomic E-state index is 0.0324. The van der Waals surface area contributed by atoms with Crippen molar-refractivity contribution in [2.45, 2.75) is 42.5 Å². The Morgan fingerprint density at radius 3 is 1.68 bits per heavy atom. The van der Waals surface area contributed by atoms with Crippen molar-refractivity contribution in [2.75, 3.05) is 33.9 Å². The van der Waals surface area contributed by atoms with Crippen LogP contribution >= 0.6 is 0 Å². The summed E-state index contributed by atoms with van der Waals surface area (Å²) in [5, 5.41) is 13.7. The number of hydrogen-bond acceptors (Lipinski definition) is 7. The number of hydrogen-bond donors (Lipinski definition) is 2. The van der Waals surface area contributed by atoms with Crippen LogP contribution < -0.4 is 5.32 Å². The number of benzene rings is 5. The summed E-state index contributed by atoms with van der Waals surface area (Å²) in [6.45, 7) is 0.244. The van der Waals surface area contributed by atoms with Gasteiger partial charge in [-0.1, -0.05) is 140 Å². The van der Waals surface area contributed by atoms with Crippen LogP contribution in [0.5, 0.6) is 0 Å². The van der Waals surface area contributed by atoms with E-state index in [1.165, 1.54) is 19.1 Å². The zero-order chi connectivity index (χ0) is 36.8. The largest absolute Gasteiger partial charge is 0.449 e. The molecular formula is C44H44N2O7. The van der Waals surface area contributed by atoms with Crippen LogP contribution in [0.1, 0.15) is 46.6 Å². The molecule has 0 radical (unpaired) electrons. The van der Waals surface area contributed by atoms with Crippen molar-refractivity contribution < 1.29 is 33.6 Å². The third-order valence-corrected chi connectivity index (χ3v) is 10.4. The van der Waals surface area contributed by atoms with Crippen LogP contribution in [0.25, 0.3) is 11.1 Å². The number of fused-ring (bicyclic) bond motifs is 3. The maximum absolute atomic E-state index is 13.9. The molecule has 1 heterocycles. The van der Waals surface area contributed by atoms with Crippen molar-refractivity contribution in [3.05, 3.63) is 167 Å². The highest BCUT2D eigenvalue weighted by Crippen LogP contribution is 2.47. The van der Waals surface area contributed by atoms with E-state index in [1.54, 1.807) is 0 Å². The molecule has 2 aliphatic rings. The van der Waals surface area contributed by atoms with Crippen LogP contribution in [0.3, 0.4) is 0 Å². The standard InChI is InChI=1S/C44H44N2O7/c1-50-44(51-2,53-43(31-16-6-3-7-17-31,32-18-8-4-9-19-32)33-20-10-5-11-21-33)40-28-34(47)29-46(40)41(48)26-27-45-42(49)52-30-39-37-24-14-12-22-35(37)36-23-13-15-25-38(36)39/h3-25,34,39-40,47H,26-30H2,1-2H3,(H,45,49). The van der Waals surface area contributed by atoms with E-state index in [0.29, 0.717) is 0 Å². The van der Waals surface area contributed by atoms with Crippen molar-refractivity contribution in [3.8, 4) is 11.1 Å². The third kappa shape index (κ3) is 6.96. The maximum Gasteiger partial charge on any atom is 0.407 e. The van der Waals surface area contributed by atoms with Crippen LogP contribution in [0.4, 0.5) is 4.79 Å². The van der Waals surface area contributed by atoms with E-state index in [1.807, 2.05) is 115 Å². The second-order valence-corrected chi connectivity index (χ2v) is 13.3. The van der Waals surface area contributed by atoms with Gasteiger partial charge in [0.05, 0.1) is 6.10 Å². The summed E-state index contributed by atoms with van der Waals surface area (Å²) >= 11 is 0. The molecule has 53 heavy (non-hydrogen) atoms. The molecule has 2 amide bonds. The molecule has 272 valence electrons. The van der Waals surface area contributed by atoms with E-state index in [4.69, 9.17) is 18.9 Å². The number of aliphatic hydroxyl groups is 1. The lowest BCUT2D eigenvalue weighted by Gasteiger charge is -2.47. The smallest absolute Gasteiger partial charge is 0.407 e. The number of rotatable bonds is 13. The highest BCUT2D eigenvalue weighted by Gasteiger charge is 2.56. The highest BCUT2D eigenvalue weighted by molar-refractivity contribution is 5.80. The van der Waals surface area contributed by atoms with Crippen LogP contribution in [-0.2, 0) is 29.3 Å². The summed E-state index contributed by atoms with van der Waals surface area (Å²) in [7, 11) is 2.95. The minimum atomic E-state index is -1.82. The minimum Gasteiger partial charge on any atom is -0.449 e. The number of alkyl carbamates (subject to hydrolysis) is 1. The number of aliphatic hydroxyl groups excluding tert-OH is 1. The summed E-state index contributed by atoms with van der Waals surface area (Å²) < 4.78 is 25.2. The summed E-state index contributed by atoms with van der Waals surface area (Å²) in [5.41, 5.74) is 5.74. The van der Waals surface area contributed by atoms with E-state index in [2.05, 4.69) is 29.6 Å². The number of nitrogens with one attached hydrogen (secondary N) is 1. The van der Waals surface area contributed by atoms with Gasteiger partial charge < -0.3 is 34.3 Å². The lowest BCUT2D eigenvalue weighted by molar-refractivity contribution is -0.405. The normalized spacial score (nSPS) is 16.9. The summed E-state index contributed by atoms with van der Waals surface area (Å²) in [6.07, 6.45) is -1.37. The van der Waals surface area contributed by atoms with Gasteiger partial charge in [0.25, 0.3) is 0 Å². The quantitative estimate of drug-likeness (QED) is 0.102. The molecule has 2 N–H and O–H groups in total. The molecule has 9 nitrogen and oxygen atoms in total. The highest BCUT2D eigenvalue weighted by atomic mass is 16.9. The molecule has 1 aliphatic heterocycles. The lowest BCUT2D eigenvalue weighted by Crippen LogP contribution is -2.59. The number of ether oxygens (including phenoxy) is 4. The first-order chi connectivity index (χ1) is 25.9. The number of likely N-dealkylation sites (tertiary alicyclic amines) is 1. The Morgan fingerprint density at radius 2 is 1.19 bits per heavy atom. The molecule has 0 spiro atoms. The molecule has 7 rings (SSSR count). The molecule has 0 saturated carbocycles. The van der Waals surface area contributed by atoms with E-state index in [9.17, 15) is 14.7 Å². The molecule has 9 heteroatoms. The SMILES string of the molecule is COC(OC)(OC(c1ccccc1)(c1ccccc1)c1ccccc1)C1CC(O)CN1C(=O)CCNC(=O)OCC1c2ccccc2-c2ccccc21. The van der Waals surface area contributed by atoms with Crippen LogP contribution in [-0.4, -0.2) is 74.0 Å². The first-order valence-corrected chi connectivity index (χ1v) is 17.9. The summed E-state index contributed by atoms with van der Waals surface area (Å²) in [6, 6.07) is 44.8. The fourth-order valence-corrected chi connectivity index (χ4v) is 7.90. The predicted octanol–water partition coefficient (Wildman–Crippen LogP) is 6.83. The van der Waals surface area contributed by atoms with Gasteiger partial charge in [0, 0.05) is 46.1 Å². The van der Waals surface area contributed by atoms with Gasteiger partial charge in [-0.25, -0.2) is 4.79 Å². The monoisotopic (exact) mass is 712 g/mol. The Hall–Kier alpha value is -5.32. The van der Waals surface area contributed by atoms with Gasteiger partial charge in [-0.3, -0.25) is 4.79 Å². The second-order valence-electron chi connectivity index (χ2n) is 13.3. The number of β-amino-alcohol motifs (C(OH)–C–C–N with tert-alkyl or cyclic N) is 1. The zero-order valence-corrected chi connectivity index (χ0v) is 29.9. The lowest BCUT2D eigenvalue weighted by atomic mass is 9.80. The zero-order valence-electron chi connectivity index (χ0n) is 29.9. The Balaban J connectivity index is 1.09. The molecule has 1 saturated heterocycles. The number of amides is 2. The Morgan fingerprint density at radius 1 is 0.717 bits per heavy atom. The van der Waals surface area contributed by atoms with Crippen molar-refractivity contribution in [3.63, 3.8) is 0 Å². The molecular weight excluding hydrogens is 668 g/mol. The van der Waals surface area contributed by atoms with E-state index >= 15 is 0 Å². The van der Waals surface area contributed by atoms with E-state index in [0.717, 1.165) is 38.9 Å². The molecule has 0 bridgehead atoms. The number of nitrogens with zero attached hydrogens (tertiary/aromatic N) is 1. The average molecular weight is 713 g/mol. The van der Waals surface area contributed by atoms with Crippen molar-refractivity contribution in [2.24, 2.45) is 0 Å². The van der Waals surface area contributed by atoms with E-state index in [-0.39, 0.29) is 44.4 Å². The topological polar surface area (TPSA) is 107 Å². The second kappa shape index (κ2) is 15.7. The maximum atomic E-state index is 13.9. The molecule has 0 aromatic heterocycles. The van der Waals surface area contributed by atoms with Crippen LogP contribution in [0.15, 0.2) is 140 Å². The number of carbonyl (C=O) groups is 2. The first kappa shape index (κ1) is 36.1. The molecule has 5 aromatic rings. The molecule has 1 fully saturated rings. The van der Waals surface area contributed by atoms with Gasteiger partial charge in [0.1, 0.15) is 18.2 Å².